The van der Waals surface area contributed by atoms with E-state index >= 15 is 0 Å². The first-order valence-corrected chi connectivity index (χ1v) is 15.8. The topological polar surface area (TPSA) is 152 Å². The predicted molar refractivity (Wildman–Crippen MR) is 181 cm³/mol. The lowest BCUT2D eigenvalue weighted by molar-refractivity contribution is -0.137. The van der Waals surface area contributed by atoms with E-state index in [9.17, 15) is 24.3 Å². The Kier molecular flexibility index (Phi) is 6.05. The van der Waals surface area contributed by atoms with Gasteiger partial charge in [0.25, 0.3) is 0 Å². The van der Waals surface area contributed by atoms with E-state index in [-0.39, 0.29) is 40.1 Å². The van der Waals surface area contributed by atoms with Gasteiger partial charge in [-0.05, 0) is 19.2 Å². The van der Waals surface area contributed by atoms with Crippen LogP contribution < -0.4 is 41.0 Å². The Balaban J connectivity index is 1.81. The Bertz CT molecular complexity index is 2390. The van der Waals surface area contributed by atoms with Crippen molar-refractivity contribution in [3.63, 3.8) is 0 Å². The number of allylic oxidation sites excluding steroid dienone is 1. The highest BCUT2D eigenvalue weighted by atomic mass is 32.2. The molecule has 2 unspecified atom stereocenters. The Morgan fingerprint density at radius 2 is 1.61 bits per heavy atom. The van der Waals surface area contributed by atoms with Crippen molar-refractivity contribution in [3.8, 4) is 17.2 Å². The molecule has 5 aromatic carbocycles. The lowest BCUT2D eigenvalue weighted by Gasteiger charge is -2.31. The molecule has 2 heterocycles. The van der Waals surface area contributed by atoms with Crippen molar-refractivity contribution in [3.05, 3.63) is 43.2 Å². The average Bonchev–Trinajstić information content (AvgIpc) is 3.17. The molecule has 1 aliphatic carbocycles. The number of methoxy groups -OCH3 is 3. The van der Waals surface area contributed by atoms with Crippen molar-refractivity contribution in [2.45, 2.75) is 30.7 Å². The quantitative estimate of drug-likeness (QED) is 0.154. The Labute approximate surface area is 265 Å². The minimum Gasteiger partial charge on any atom is -0.496 e. The summed E-state index contributed by atoms with van der Waals surface area (Å²) in [7, 11) is 4.49. The number of hydrogen-bond acceptors (Lipinski definition) is 11. The number of benzene rings is 5. The highest BCUT2D eigenvalue weighted by molar-refractivity contribution is 7.99. The molecule has 2 aliphatic heterocycles. The van der Waals surface area contributed by atoms with E-state index in [0.29, 0.717) is 83.8 Å². The largest absolute Gasteiger partial charge is 0.496 e. The number of ketones is 1. The summed E-state index contributed by atoms with van der Waals surface area (Å²) >= 11 is 1.56. The van der Waals surface area contributed by atoms with E-state index in [0.717, 1.165) is 10.6 Å². The van der Waals surface area contributed by atoms with Gasteiger partial charge in [-0.1, -0.05) is 11.6 Å². The molecule has 12 heteroatoms. The third-order valence-corrected chi connectivity index (χ3v) is 10.6. The monoisotopic (exact) mass is 639 g/mol. The number of Topliss-reactive ketones (excluding diaryl/α,β-unsaturated/α-hetero) is 1. The molecule has 4 N–H and O–H groups in total. The summed E-state index contributed by atoms with van der Waals surface area (Å²) in [5.74, 6) is -0.492. The molecule has 46 heavy (non-hydrogen) atoms. The van der Waals surface area contributed by atoms with Crippen LogP contribution in [0.2, 0.25) is 0 Å². The number of thioether (sulfide) groups is 1. The number of carbonyl (C=O) groups is 2. The molecule has 0 saturated carbocycles. The number of nitrogens with one attached hydrogen (secondary N) is 3. The first kappa shape index (κ1) is 28.5. The molecular weight excluding hydrogens is 610 g/mol. The third kappa shape index (κ3) is 3.39. The number of ether oxygens (including phenoxy) is 3. The van der Waals surface area contributed by atoms with Crippen LogP contribution in [0.4, 0.5) is 17.1 Å². The van der Waals surface area contributed by atoms with Gasteiger partial charge in [-0.2, -0.15) is 0 Å². The number of hydrogen-bond donors (Lipinski definition) is 4. The molecule has 0 aromatic heterocycles. The van der Waals surface area contributed by atoms with Crippen molar-refractivity contribution in [2.75, 3.05) is 56.1 Å². The van der Waals surface area contributed by atoms with Gasteiger partial charge in [-0.25, -0.2) is 4.79 Å². The zero-order valence-corrected chi connectivity index (χ0v) is 26.5. The van der Waals surface area contributed by atoms with Crippen LogP contribution in [0.1, 0.15) is 30.9 Å². The van der Waals surface area contributed by atoms with E-state index in [1.807, 2.05) is 13.0 Å². The van der Waals surface area contributed by atoms with Crippen LogP contribution in [0.3, 0.4) is 0 Å². The van der Waals surface area contributed by atoms with E-state index in [2.05, 4.69) is 16.0 Å². The van der Waals surface area contributed by atoms with Crippen LogP contribution in [-0.2, 0) is 9.59 Å². The zero-order valence-electron chi connectivity index (χ0n) is 25.6. The first-order valence-electron chi connectivity index (χ1n) is 14.8. The van der Waals surface area contributed by atoms with Gasteiger partial charge in [-0.3, -0.25) is 14.4 Å². The van der Waals surface area contributed by atoms with E-state index in [4.69, 9.17) is 14.2 Å². The van der Waals surface area contributed by atoms with E-state index < -0.39 is 17.9 Å². The van der Waals surface area contributed by atoms with Gasteiger partial charge >= 0.3 is 5.97 Å². The summed E-state index contributed by atoms with van der Waals surface area (Å²) in [6.07, 6.45) is 1.90. The van der Waals surface area contributed by atoms with Gasteiger partial charge in [0.05, 0.1) is 60.0 Å². The maximum absolute atomic E-state index is 14.7. The minimum atomic E-state index is -1.07. The number of fused-ring (bicyclic) bond motifs is 6. The van der Waals surface area contributed by atoms with Crippen molar-refractivity contribution in [2.24, 2.45) is 0 Å². The Hall–Kier alpha value is -4.97. The standard InChI is InChI=1S/C34H29N3O8S/c1-11-8-13-18-21-19(28-27(13)36-10-14(37-28)34(41)42)15(39)9-16(43-3)20(21)25-23-22(18)24(17(11)12(2)38)31(44-4)30(40)26(23)29-33(32(25)45-5)46-7-6-35-29/h8-9,14,17,35-37H,6-7,10H2,1-5H3,(H,41,42). The van der Waals surface area contributed by atoms with Crippen molar-refractivity contribution < 1.29 is 28.9 Å². The summed E-state index contributed by atoms with van der Waals surface area (Å²) in [6.45, 7) is 4.01. The Morgan fingerprint density at radius 3 is 2.28 bits per heavy atom. The predicted octanol–water partition coefficient (Wildman–Crippen LogP) is 4.82. The number of carbonyl (C=O) groups excluding carboxylic acids is 1. The van der Waals surface area contributed by atoms with Gasteiger partial charge < -0.3 is 35.3 Å². The van der Waals surface area contributed by atoms with Crippen LogP contribution in [0.25, 0.3) is 49.2 Å². The molecular formula is C34H29N3O8S. The van der Waals surface area contributed by atoms with E-state index in [1.54, 1.807) is 18.9 Å². The molecule has 8 rings (SSSR count). The molecule has 5 aromatic rings. The SMILES string of the molecule is COc1c2c3c4c(c5c(c6c(=O)cc(OC)c(c7c(OC)c8c(c(c1=O)c73)NCCS8)c64)NC(C(=O)O)CN5)C=C(C)C2C(C)=O. The number of rotatable bonds is 5. The normalized spacial score (nSPS) is 18.4. The molecule has 3 aliphatic rings. The fraction of sp³-hybridized carbons (Fsp3) is 0.294. The van der Waals surface area contributed by atoms with Crippen molar-refractivity contribution in [1.29, 1.82) is 0 Å². The number of aliphatic carboxylic acids is 1. The maximum Gasteiger partial charge on any atom is 0.327 e. The summed E-state index contributed by atoms with van der Waals surface area (Å²) in [6, 6.07) is 0.400. The van der Waals surface area contributed by atoms with Crippen LogP contribution in [0, 0.1) is 0 Å². The van der Waals surface area contributed by atoms with Crippen LogP contribution in [0.15, 0.2) is 26.1 Å². The maximum atomic E-state index is 14.7. The van der Waals surface area contributed by atoms with Crippen molar-refractivity contribution in [1.82, 2.24) is 0 Å². The van der Waals surface area contributed by atoms with Crippen LogP contribution in [-0.4, -0.2) is 63.1 Å². The summed E-state index contributed by atoms with van der Waals surface area (Å²) < 4.78 is 18.0. The molecule has 234 valence electrons. The highest BCUT2D eigenvalue weighted by Gasteiger charge is 2.39. The fourth-order valence-electron chi connectivity index (χ4n) is 7.91. The molecule has 11 nitrogen and oxygen atoms in total. The number of anilines is 3. The smallest absolute Gasteiger partial charge is 0.327 e. The molecule has 0 fully saturated rings. The molecule has 0 spiro atoms. The second-order valence-corrected chi connectivity index (χ2v) is 13.0. The molecule has 0 bridgehead atoms. The Morgan fingerprint density at radius 1 is 0.870 bits per heavy atom. The molecule has 0 amide bonds. The number of carboxylic acids is 1. The van der Waals surface area contributed by atoms with E-state index in [1.165, 1.54) is 27.2 Å². The average molecular weight is 640 g/mol. The van der Waals surface area contributed by atoms with Gasteiger partial charge in [0.1, 0.15) is 23.3 Å². The number of carboxylic acid groups (broad SMARTS) is 1. The fourth-order valence-corrected chi connectivity index (χ4v) is 8.95. The van der Waals surface area contributed by atoms with Crippen LogP contribution in [0.5, 0.6) is 17.2 Å². The molecule has 0 radical (unpaired) electrons. The highest BCUT2D eigenvalue weighted by Crippen LogP contribution is 2.59. The third-order valence-electron chi connectivity index (χ3n) is 9.55. The summed E-state index contributed by atoms with van der Waals surface area (Å²) in [4.78, 5) is 55.3. The second kappa shape index (κ2) is 9.76. The van der Waals surface area contributed by atoms with Gasteiger partial charge in [0.2, 0.25) is 5.43 Å². The summed E-state index contributed by atoms with van der Waals surface area (Å²) in [5.41, 5.74) is 2.58. The van der Waals surface area contributed by atoms with Crippen LogP contribution >= 0.6 is 11.8 Å². The molecule has 0 saturated heterocycles. The van der Waals surface area contributed by atoms with Gasteiger partial charge in [0.15, 0.2) is 11.2 Å². The minimum absolute atomic E-state index is 0.0602. The summed E-state index contributed by atoms with van der Waals surface area (Å²) in [5, 5.41) is 24.0. The van der Waals surface area contributed by atoms with Gasteiger partial charge in [-0.15, -0.1) is 11.8 Å². The van der Waals surface area contributed by atoms with Crippen molar-refractivity contribution >= 4 is 89.7 Å². The first-order chi connectivity index (χ1) is 22.1. The zero-order chi connectivity index (χ0) is 32.3. The van der Waals surface area contributed by atoms with Gasteiger partial charge in [0, 0.05) is 63.0 Å². The lowest BCUT2D eigenvalue weighted by atomic mass is 9.80. The lowest BCUT2D eigenvalue weighted by Crippen LogP contribution is -2.40. The molecule has 2 atom stereocenters. The second-order valence-electron chi connectivity index (χ2n) is 11.9.